The number of phenolic OH excluding ortho intramolecular Hbond substituents is 2. The first kappa shape index (κ1) is 11.9. The average molecular weight is 241 g/mol. The summed E-state index contributed by atoms with van der Waals surface area (Å²) in [4.78, 5) is 15.6. The SMILES string of the molecule is O=C(/C=C/c1ccc(O)c(O)c1)c1cccnc1. The summed E-state index contributed by atoms with van der Waals surface area (Å²) < 4.78 is 0. The number of allylic oxidation sites excluding steroid dienone is 1. The number of pyridine rings is 1. The standard InChI is InChI=1S/C14H11NO3/c16-12(11-2-1-7-15-9-11)5-3-10-4-6-13(17)14(18)8-10/h1-9,17-18H/b5-3+. The molecule has 18 heavy (non-hydrogen) atoms. The average Bonchev–Trinajstić information content (AvgIpc) is 2.41. The quantitative estimate of drug-likeness (QED) is 0.491. The summed E-state index contributed by atoms with van der Waals surface area (Å²) in [5.74, 6) is -0.577. The lowest BCUT2D eigenvalue weighted by Crippen LogP contribution is -1.93. The highest BCUT2D eigenvalue weighted by Crippen LogP contribution is 2.25. The lowest BCUT2D eigenvalue weighted by molar-refractivity contribution is 0.104. The van der Waals surface area contributed by atoms with E-state index in [0.717, 1.165) is 0 Å². The molecule has 1 aromatic carbocycles. The number of hydrogen-bond acceptors (Lipinski definition) is 4. The number of carbonyl (C=O) groups excluding carboxylic acids is 1. The van der Waals surface area contributed by atoms with Gasteiger partial charge in [0.2, 0.25) is 0 Å². The predicted molar refractivity (Wildman–Crippen MR) is 67.4 cm³/mol. The number of ketones is 1. The van der Waals surface area contributed by atoms with E-state index in [4.69, 9.17) is 5.11 Å². The van der Waals surface area contributed by atoms with Gasteiger partial charge in [0.25, 0.3) is 0 Å². The third-order valence-corrected chi connectivity index (χ3v) is 2.37. The van der Waals surface area contributed by atoms with Crippen LogP contribution in [0, 0.1) is 0 Å². The molecule has 0 unspecified atom stereocenters. The van der Waals surface area contributed by atoms with Crippen LogP contribution in [0.15, 0.2) is 48.8 Å². The first-order valence-corrected chi connectivity index (χ1v) is 5.31. The monoisotopic (exact) mass is 241 g/mol. The molecule has 0 amide bonds. The second kappa shape index (κ2) is 5.14. The van der Waals surface area contributed by atoms with Gasteiger partial charge >= 0.3 is 0 Å². The van der Waals surface area contributed by atoms with E-state index in [-0.39, 0.29) is 17.3 Å². The molecule has 0 bridgehead atoms. The number of nitrogens with zero attached hydrogens (tertiary/aromatic N) is 1. The molecular formula is C14H11NO3. The number of aromatic hydroxyl groups is 2. The van der Waals surface area contributed by atoms with E-state index in [1.165, 1.54) is 24.4 Å². The van der Waals surface area contributed by atoms with E-state index in [9.17, 15) is 9.90 Å². The van der Waals surface area contributed by atoms with Crippen molar-refractivity contribution in [2.24, 2.45) is 0 Å². The number of aromatic nitrogens is 1. The topological polar surface area (TPSA) is 70.4 Å². The molecule has 4 nitrogen and oxygen atoms in total. The number of rotatable bonds is 3. The van der Waals surface area contributed by atoms with Crippen LogP contribution in [-0.4, -0.2) is 21.0 Å². The van der Waals surface area contributed by atoms with Crippen molar-refractivity contribution in [2.75, 3.05) is 0 Å². The third kappa shape index (κ3) is 2.74. The van der Waals surface area contributed by atoms with E-state index < -0.39 is 0 Å². The number of hydrogen-bond donors (Lipinski definition) is 2. The summed E-state index contributed by atoms with van der Waals surface area (Å²) in [7, 11) is 0. The summed E-state index contributed by atoms with van der Waals surface area (Å²) in [5.41, 5.74) is 1.12. The first-order valence-electron chi connectivity index (χ1n) is 5.31. The van der Waals surface area contributed by atoms with E-state index in [1.54, 1.807) is 30.5 Å². The van der Waals surface area contributed by atoms with Crippen molar-refractivity contribution in [1.82, 2.24) is 4.98 Å². The second-order valence-electron chi connectivity index (χ2n) is 3.69. The Kier molecular flexibility index (Phi) is 3.38. The molecule has 0 saturated carbocycles. The summed E-state index contributed by atoms with van der Waals surface area (Å²) in [6.07, 6.45) is 6.04. The van der Waals surface area contributed by atoms with Crippen LogP contribution in [0.3, 0.4) is 0 Å². The summed E-state index contributed by atoms with van der Waals surface area (Å²) in [6.45, 7) is 0. The van der Waals surface area contributed by atoms with Crippen LogP contribution in [0.1, 0.15) is 15.9 Å². The zero-order valence-electron chi connectivity index (χ0n) is 9.45. The molecule has 0 fully saturated rings. The third-order valence-electron chi connectivity index (χ3n) is 2.37. The Labute approximate surface area is 104 Å². The molecule has 90 valence electrons. The molecule has 2 N–H and O–H groups in total. The van der Waals surface area contributed by atoms with E-state index in [2.05, 4.69) is 4.98 Å². The van der Waals surface area contributed by atoms with Gasteiger partial charge in [0.05, 0.1) is 0 Å². The van der Waals surface area contributed by atoms with E-state index in [1.807, 2.05) is 0 Å². The molecule has 1 aromatic heterocycles. The molecule has 0 aliphatic heterocycles. The van der Waals surface area contributed by atoms with Crippen molar-refractivity contribution in [2.45, 2.75) is 0 Å². The van der Waals surface area contributed by atoms with Crippen molar-refractivity contribution in [1.29, 1.82) is 0 Å². The van der Waals surface area contributed by atoms with Crippen molar-refractivity contribution in [3.05, 3.63) is 59.9 Å². The molecule has 2 rings (SSSR count). The highest BCUT2D eigenvalue weighted by Gasteiger charge is 2.01. The predicted octanol–water partition coefficient (Wildman–Crippen LogP) is 2.39. The van der Waals surface area contributed by atoms with Crippen molar-refractivity contribution in [3.8, 4) is 11.5 Å². The van der Waals surface area contributed by atoms with Gasteiger partial charge in [-0.15, -0.1) is 0 Å². The Morgan fingerprint density at radius 1 is 1.17 bits per heavy atom. The zero-order valence-corrected chi connectivity index (χ0v) is 9.45. The van der Waals surface area contributed by atoms with Gasteiger partial charge in [0.15, 0.2) is 17.3 Å². The zero-order chi connectivity index (χ0) is 13.0. The molecule has 1 heterocycles. The second-order valence-corrected chi connectivity index (χ2v) is 3.69. The Balaban J connectivity index is 2.16. The molecule has 0 spiro atoms. The van der Waals surface area contributed by atoms with Crippen molar-refractivity contribution < 1.29 is 15.0 Å². The Morgan fingerprint density at radius 2 is 2.00 bits per heavy atom. The minimum atomic E-state index is -0.217. The molecule has 0 atom stereocenters. The van der Waals surface area contributed by atoms with Crippen LogP contribution in [0.2, 0.25) is 0 Å². The van der Waals surface area contributed by atoms with Crippen LogP contribution < -0.4 is 0 Å². The Hall–Kier alpha value is -2.62. The van der Waals surface area contributed by atoms with Gasteiger partial charge in [0, 0.05) is 18.0 Å². The number of phenols is 2. The summed E-state index contributed by atoms with van der Waals surface area (Å²) in [5, 5.41) is 18.5. The van der Waals surface area contributed by atoms with E-state index >= 15 is 0 Å². The molecular weight excluding hydrogens is 230 g/mol. The molecule has 0 radical (unpaired) electrons. The van der Waals surface area contributed by atoms with Gasteiger partial charge in [-0.05, 0) is 35.9 Å². The lowest BCUT2D eigenvalue weighted by Gasteiger charge is -1.98. The molecule has 0 aliphatic rings. The van der Waals surface area contributed by atoms with Crippen LogP contribution in [-0.2, 0) is 0 Å². The fraction of sp³-hybridized carbons (Fsp3) is 0. The van der Waals surface area contributed by atoms with Crippen molar-refractivity contribution in [3.63, 3.8) is 0 Å². The highest BCUT2D eigenvalue weighted by molar-refractivity contribution is 6.06. The first-order chi connectivity index (χ1) is 8.66. The van der Waals surface area contributed by atoms with Gasteiger partial charge in [-0.25, -0.2) is 0 Å². The summed E-state index contributed by atoms with van der Waals surface area (Å²) in [6, 6.07) is 7.70. The molecule has 0 saturated heterocycles. The Bertz CT molecular complexity index is 591. The summed E-state index contributed by atoms with van der Waals surface area (Å²) >= 11 is 0. The van der Waals surface area contributed by atoms with Gasteiger partial charge in [-0.2, -0.15) is 0 Å². The normalized spacial score (nSPS) is 10.7. The smallest absolute Gasteiger partial charge is 0.187 e. The molecule has 4 heteroatoms. The molecule has 2 aromatic rings. The minimum absolute atomic E-state index is 0.171. The van der Waals surface area contributed by atoms with Gasteiger partial charge in [-0.1, -0.05) is 12.1 Å². The van der Waals surface area contributed by atoms with Crippen LogP contribution in [0.4, 0.5) is 0 Å². The maximum atomic E-state index is 11.7. The fourth-order valence-electron chi connectivity index (χ4n) is 1.42. The highest BCUT2D eigenvalue weighted by atomic mass is 16.3. The van der Waals surface area contributed by atoms with E-state index in [0.29, 0.717) is 11.1 Å². The van der Waals surface area contributed by atoms with Crippen LogP contribution >= 0.6 is 0 Å². The van der Waals surface area contributed by atoms with Crippen LogP contribution in [0.5, 0.6) is 11.5 Å². The fourth-order valence-corrected chi connectivity index (χ4v) is 1.42. The maximum Gasteiger partial charge on any atom is 0.187 e. The van der Waals surface area contributed by atoms with Gasteiger partial charge < -0.3 is 10.2 Å². The lowest BCUT2D eigenvalue weighted by atomic mass is 10.1. The van der Waals surface area contributed by atoms with Gasteiger partial charge in [0.1, 0.15) is 0 Å². The van der Waals surface area contributed by atoms with Crippen LogP contribution in [0.25, 0.3) is 6.08 Å². The van der Waals surface area contributed by atoms with Crippen molar-refractivity contribution >= 4 is 11.9 Å². The largest absolute Gasteiger partial charge is 0.504 e. The number of carbonyl (C=O) groups is 1. The molecule has 0 aliphatic carbocycles. The minimum Gasteiger partial charge on any atom is -0.504 e. The number of benzene rings is 1. The van der Waals surface area contributed by atoms with Gasteiger partial charge in [-0.3, -0.25) is 9.78 Å². The Morgan fingerprint density at radius 3 is 2.67 bits per heavy atom. The maximum absolute atomic E-state index is 11.7.